The molecule has 0 atom stereocenters. The molecule has 1 aromatic carbocycles. The van der Waals surface area contributed by atoms with Gasteiger partial charge in [0.25, 0.3) is 0 Å². The maximum Gasteiger partial charge on any atom is 0.195 e. The summed E-state index contributed by atoms with van der Waals surface area (Å²) in [5, 5.41) is 13.3. The summed E-state index contributed by atoms with van der Waals surface area (Å²) < 4.78 is 1.97. The third-order valence-electron chi connectivity index (χ3n) is 3.00. The SMILES string of the molecule is Cc1nnc(Sc2c(Cl)cccc2CNC(C)C)n1C. The van der Waals surface area contributed by atoms with Crippen LogP contribution in [-0.2, 0) is 13.6 Å². The molecule has 0 aliphatic rings. The zero-order valence-corrected chi connectivity index (χ0v) is 13.7. The number of rotatable bonds is 5. The average molecular weight is 311 g/mol. The maximum atomic E-state index is 6.35. The molecule has 2 aromatic rings. The van der Waals surface area contributed by atoms with Crippen molar-refractivity contribution in [3.63, 3.8) is 0 Å². The van der Waals surface area contributed by atoms with Gasteiger partial charge >= 0.3 is 0 Å². The Morgan fingerprint density at radius 2 is 2.10 bits per heavy atom. The Labute approximate surface area is 128 Å². The minimum atomic E-state index is 0.434. The lowest BCUT2D eigenvalue weighted by Crippen LogP contribution is -2.22. The molecule has 1 aromatic heterocycles. The smallest absolute Gasteiger partial charge is 0.195 e. The van der Waals surface area contributed by atoms with Gasteiger partial charge in [-0.15, -0.1) is 10.2 Å². The molecule has 0 spiro atoms. The van der Waals surface area contributed by atoms with Gasteiger partial charge in [-0.25, -0.2) is 0 Å². The summed E-state index contributed by atoms with van der Waals surface area (Å²) >= 11 is 7.91. The fraction of sp³-hybridized carbons (Fsp3) is 0.429. The van der Waals surface area contributed by atoms with Gasteiger partial charge < -0.3 is 9.88 Å². The second-order valence-corrected chi connectivity index (χ2v) is 6.34. The predicted octanol–water partition coefficient (Wildman–Crippen LogP) is 3.43. The van der Waals surface area contributed by atoms with Crippen LogP contribution in [0, 0.1) is 6.92 Å². The zero-order valence-electron chi connectivity index (χ0n) is 12.1. The molecule has 6 heteroatoms. The predicted molar refractivity (Wildman–Crippen MR) is 83.3 cm³/mol. The van der Waals surface area contributed by atoms with E-state index in [0.717, 1.165) is 27.4 Å². The van der Waals surface area contributed by atoms with Crippen molar-refractivity contribution in [2.24, 2.45) is 7.05 Å². The van der Waals surface area contributed by atoms with Gasteiger partial charge in [0.2, 0.25) is 0 Å². The van der Waals surface area contributed by atoms with Crippen molar-refractivity contribution in [2.45, 2.75) is 43.4 Å². The fourth-order valence-corrected chi connectivity index (χ4v) is 2.97. The first kappa shape index (κ1) is 15.4. The van der Waals surface area contributed by atoms with Crippen molar-refractivity contribution >= 4 is 23.4 Å². The third kappa shape index (κ3) is 3.53. The van der Waals surface area contributed by atoms with Crippen LogP contribution in [0.2, 0.25) is 5.02 Å². The van der Waals surface area contributed by atoms with E-state index in [0.29, 0.717) is 6.04 Å². The molecule has 0 amide bonds. The molecule has 2 rings (SSSR count). The van der Waals surface area contributed by atoms with Crippen molar-refractivity contribution in [3.05, 3.63) is 34.6 Å². The number of aromatic nitrogens is 3. The lowest BCUT2D eigenvalue weighted by Gasteiger charge is -2.13. The van der Waals surface area contributed by atoms with Crippen LogP contribution >= 0.6 is 23.4 Å². The van der Waals surface area contributed by atoms with Crippen LogP contribution in [0.4, 0.5) is 0 Å². The molecule has 0 unspecified atom stereocenters. The highest BCUT2D eigenvalue weighted by atomic mass is 35.5. The molecule has 20 heavy (non-hydrogen) atoms. The first-order valence-corrected chi connectivity index (χ1v) is 7.73. The molecule has 1 heterocycles. The minimum Gasteiger partial charge on any atom is -0.310 e. The molecule has 0 bridgehead atoms. The molecule has 0 aliphatic carbocycles. The Hall–Kier alpha value is -1.04. The largest absolute Gasteiger partial charge is 0.310 e. The second-order valence-electron chi connectivity index (χ2n) is 4.95. The summed E-state index contributed by atoms with van der Waals surface area (Å²) in [7, 11) is 1.96. The van der Waals surface area contributed by atoms with E-state index in [2.05, 4.69) is 35.4 Å². The quantitative estimate of drug-likeness (QED) is 0.919. The number of nitrogens with zero attached hydrogens (tertiary/aromatic N) is 3. The summed E-state index contributed by atoms with van der Waals surface area (Å²) in [5.74, 6) is 0.890. The van der Waals surface area contributed by atoms with E-state index in [1.807, 2.05) is 30.7 Å². The van der Waals surface area contributed by atoms with E-state index in [1.54, 1.807) is 11.8 Å². The maximum absolute atomic E-state index is 6.35. The van der Waals surface area contributed by atoms with Crippen LogP contribution in [0.1, 0.15) is 25.2 Å². The van der Waals surface area contributed by atoms with Gasteiger partial charge in [0.1, 0.15) is 5.82 Å². The normalized spacial score (nSPS) is 11.3. The molecule has 0 fully saturated rings. The molecule has 4 nitrogen and oxygen atoms in total. The fourth-order valence-electron chi connectivity index (χ4n) is 1.69. The van der Waals surface area contributed by atoms with Gasteiger partial charge in [-0.1, -0.05) is 37.6 Å². The van der Waals surface area contributed by atoms with E-state index >= 15 is 0 Å². The van der Waals surface area contributed by atoms with Crippen LogP contribution in [0.3, 0.4) is 0 Å². The molecular formula is C14H19ClN4S. The Bertz CT molecular complexity index is 595. The summed E-state index contributed by atoms with van der Waals surface area (Å²) in [4.78, 5) is 1.04. The van der Waals surface area contributed by atoms with Gasteiger partial charge in [-0.05, 0) is 30.3 Å². The van der Waals surface area contributed by atoms with Crippen LogP contribution in [0.25, 0.3) is 0 Å². The monoisotopic (exact) mass is 310 g/mol. The molecule has 0 saturated heterocycles. The number of aryl methyl sites for hydroxylation is 1. The number of hydrogen-bond donors (Lipinski definition) is 1. The number of benzene rings is 1. The molecular weight excluding hydrogens is 292 g/mol. The highest BCUT2D eigenvalue weighted by Gasteiger charge is 2.13. The number of halogens is 1. The topological polar surface area (TPSA) is 42.7 Å². The van der Waals surface area contributed by atoms with Gasteiger partial charge in [0, 0.05) is 24.5 Å². The Morgan fingerprint density at radius 3 is 2.70 bits per heavy atom. The Balaban J connectivity index is 2.28. The molecule has 0 aliphatic heterocycles. The second kappa shape index (κ2) is 6.61. The zero-order chi connectivity index (χ0) is 14.7. The first-order valence-electron chi connectivity index (χ1n) is 6.53. The van der Waals surface area contributed by atoms with Crippen molar-refractivity contribution in [3.8, 4) is 0 Å². The summed E-state index contributed by atoms with van der Waals surface area (Å²) in [6, 6.07) is 6.41. The molecule has 0 saturated carbocycles. The third-order valence-corrected chi connectivity index (χ3v) is 4.65. The lowest BCUT2D eigenvalue weighted by atomic mass is 10.2. The van der Waals surface area contributed by atoms with Gasteiger partial charge in [-0.3, -0.25) is 0 Å². The standard InChI is InChI=1S/C14H19ClN4S/c1-9(2)16-8-11-6-5-7-12(15)13(11)20-14-18-17-10(3)19(14)4/h5-7,9,16H,8H2,1-4H3. The van der Waals surface area contributed by atoms with E-state index < -0.39 is 0 Å². The summed E-state index contributed by atoms with van der Waals surface area (Å²) in [6.45, 7) is 6.98. The van der Waals surface area contributed by atoms with Gasteiger partial charge in [0.15, 0.2) is 5.16 Å². The van der Waals surface area contributed by atoms with E-state index in [-0.39, 0.29) is 0 Å². The van der Waals surface area contributed by atoms with Crippen molar-refractivity contribution < 1.29 is 0 Å². The Kier molecular flexibility index (Phi) is 5.07. The highest BCUT2D eigenvalue weighted by Crippen LogP contribution is 2.35. The van der Waals surface area contributed by atoms with Crippen LogP contribution in [-0.4, -0.2) is 20.8 Å². The average Bonchev–Trinajstić information content (AvgIpc) is 2.71. The van der Waals surface area contributed by atoms with Gasteiger partial charge in [-0.2, -0.15) is 0 Å². The lowest BCUT2D eigenvalue weighted by molar-refractivity contribution is 0.584. The molecule has 1 N–H and O–H groups in total. The molecule has 108 valence electrons. The molecule has 0 radical (unpaired) electrons. The van der Waals surface area contributed by atoms with E-state index in [1.165, 1.54) is 5.56 Å². The first-order chi connectivity index (χ1) is 9.49. The van der Waals surface area contributed by atoms with E-state index in [9.17, 15) is 0 Å². The van der Waals surface area contributed by atoms with Gasteiger partial charge in [0.05, 0.1) is 5.02 Å². The van der Waals surface area contributed by atoms with Crippen molar-refractivity contribution in [1.29, 1.82) is 0 Å². The van der Waals surface area contributed by atoms with Crippen molar-refractivity contribution in [2.75, 3.05) is 0 Å². The van der Waals surface area contributed by atoms with Crippen LogP contribution in [0.5, 0.6) is 0 Å². The van der Waals surface area contributed by atoms with Crippen LogP contribution in [0.15, 0.2) is 28.3 Å². The highest BCUT2D eigenvalue weighted by molar-refractivity contribution is 7.99. The summed E-state index contributed by atoms with van der Waals surface area (Å²) in [5.41, 5.74) is 1.18. The Morgan fingerprint density at radius 1 is 1.35 bits per heavy atom. The van der Waals surface area contributed by atoms with E-state index in [4.69, 9.17) is 11.6 Å². The van der Waals surface area contributed by atoms with Crippen LogP contribution < -0.4 is 5.32 Å². The number of nitrogens with one attached hydrogen (secondary N) is 1. The van der Waals surface area contributed by atoms with Crippen molar-refractivity contribution in [1.82, 2.24) is 20.1 Å². The summed E-state index contributed by atoms with van der Waals surface area (Å²) in [6.07, 6.45) is 0. The number of hydrogen-bond acceptors (Lipinski definition) is 4. The minimum absolute atomic E-state index is 0.434.